The molecule has 4 atom stereocenters. The number of hydrogen-bond acceptors (Lipinski definition) is 12. The Balaban J connectivity index is -0.000000720. The zero-order valence-corrected chi connectivity index (χ0v) is 68.4. The quantitative estimate of drug-likeness (QED) is 0.0328. The summed E-state index contributed by atoms with van der Waals surface area (Å²) in [5, 5.41) is 71.5. The molecule has 0 fully saturated rings. The van der Waals surface area contributed by atoms with Crippen molar-refractivity contribution in [2.45, 2.75) is 412 Å². The van der Waals surface area contributed by atoms with E-state index in [1.807, 2.05) is 0 Å². The number of carboxylic acid groups (broad SMARTS) is 4. The summed E-state index contributed by atoms with van der Waals surface area (Å²) in [5.41, 5.74) is 0. The number of aliphatic hydroxyl groups excluding tert-OH is 4. The van der Waals surface area contributed by atoms with Crippen molar-refractivity contribution in [2.75, 3.05) is 109 Å². The molecule has 0 spiro atoms. The Hall–Kier alpha value is -2.44. The van der Waals surface area contributed by atoms with Crippen molar-refractivity contribution < 1.29 is 78.0 Å². The van der Waals surface area contributed by atoms with Crippen LogP contribution in [0.3, 0.4) is 0 Å². The van der Waals surface area contributed by atoms with E-state index in [1.54, 1.807) is 0 Å². The van der Waals surface area contributed by atoms with Gasteiger partial charge in [-0.3, -0.25) is 0 Å². The molecule has 16 nitrogen and oxygen atoms in total. The Morgan fingerprint density at radius 2 is 0.280 bits per heavy atom. The third-order valence-electron chi connectivity index (χ3n) is 20.7. The second-order valence-electron chi connectivity index (χ2n) is 33.0. The van der Waals surface area contributed by atoms with Crippen molar-refractivity contribution in [2.24, 2.45) is 0 Å². The van der Waals surface area contributed by atoms with Crippen LogP contribution in [-0.4, -0.2) is 195 Å². The van der Waals surface area contributed by atoms with Crippen molar-refractivity contribution in [3.8, 4) is 0 Å². The van der Waals surface area contributed by atoms with Crippen LogP contribution in [0.5, 0.6) is 0 Å². The molecule has 0 aliphatic rings. The van der Waals surface area contributed by atoms with Gasteiger partial charge in [-0.25, -0.2) is 0 Å². The third-order valence-corrected chi connectivity index (χ3v) is 20.7. The number of hydrogen-bond donors (Lipinski definition) is 4. The monoisotopic (exact) mass is 1430 g/mol. The Morgan fingerprint density at radius 3 is 0.370 bits per heavy atom. The van der Waals surface area contributed by atoms with E-state index >= 15 is 0 Å². The topological polar surface area (TPSA) is 241 Å². The van der Waals surface area contributed by atoms with E-state index in [0.29, 0.717) is 0 Å². The van der Waals surface area contributed by atoms with Gasteiger partial charge in [0.25, 0.3) is 0 Å². The molecular weight excluding hydrogens is 1260 g/mol. The highest BCUT2D eigenvalue weighted by Crippen LogP contribution is 2.20. The molecule has 0 rings (SSSR count). The van der Waals surface area contributed by atoms with Gasteiger partial charge in [0.05, 0.1) is 106 Å². The molecule has 0 heterocycles. The zero-order valence-electron chi connectivity index (χ0n) is 68.4. The molecule has 600 valence electrons. The maximum atomic E-state index is 9.63. The summed E-state index contributed by atoms with van der Waals surface area (Å²) >= 11 is 0. The van der Waals surface area contributed by atoms with Gasteiger partial charge in [-0.1, -0.05) is 336 Å². The summed E-state index contributed by atoms with van der Waals surface area (Å²) in [5.74, 6) is -8.23. The van der Waals surface area contributed by atoms with Crippen LogP contribution in [0.2, 0.25) is 0 Å². The molecule has 0 radical (unpaired) electrons. The van der Waals surface area contributed by atoms with Gasteiger partial charge >= 0.3 is 0 Å². The van der Waals surface area contributed by atoms with E-state index in [0.717, 1.165) is 0 Å². The number of aliphatic hydroxyl groups is 4. The summed E-state index contributed by atoms with van der Waals surface area (Å²) in [4.78, 5) is 38.5. The number of nitrogens with zero attached hydrogens (tertiary/aromatic N) is 4. The highest BCUT2D eigenvalue weighted by molar-refractivity contribution is 5.81. The van der Waals surface area contributed by atoms with E-state index in [2.05, 4.69) is 84.1 Å². The standard InChI is InChI=1S/2C38H82N2.2C4H6O6/c2*1-7-9-11-13-15-17-19-21-23-25-27-29-31-33-35-39(3,4)37-38-40(5,6)36-34-32-30-28-26-24-22-20-18-16-14-12-10-8-2;2*5-1(3(7)8)2(6)4(9)10/h2*7-38H2,1-6H3;2*1-2,5-6H,(H,7,8)(H,9,10)/q2*+2;;/p-4/t;;2*1-,2-/m..10/s1. The van der Waals surface area contributed by atoms with E-state index in [4.69, 9.17) is 20.4 Å². The number of quaternary nitrogens is 4. The molecule has 100 heavy (non-hydrogen) atoms. The highest BCUT2D eigenvalue weighted by Gasteiger charge is 2.24. The fourth-order valence-electron chi connectivity index (χ4n) is 13.0. The summed E-state index contributed by atoms with van der Waals surface area (Å²) in [7, 11) is 19.7. The molecule has 0 bridgehead atoms. The lowest BCUT2D eigenvalue weighted by atomic mass is 10.0. The number of carbonyl (C=O) groups is 4. The van der Waals surface area contributed by atoms with Gasteiger partial charge < -0.3 is 78.0 Å². The fourth-order valence-corrected chi connectivity index (χ4v) is 13.0. The van der Waals surface area contributed by atoms with Gasteiger partial charge in [0.2, 0.25) is 0 Å². The van der Waals surface area contributed by atoms with Gasteiger partial charge in [0.15, 0.2) is 0 Å². The molecule has 4 N–H and O–H groups in total. The average Bonchev–Trinajstić information content (AvgIpc) is 0.924. The molecule has 0 unspecified atom stereocenters. The Labute approximate surface area is 619 Å². The molecule has 0 aromatic rings. The van der Waals surface area contributed by atoms with Crippen LogP contribution in [-0.2, 0) is 19.2 Å². The van der Waals surface area contributed by atoms with Crippen molar-refractivity contribution >= 4 is 23.9 Å². The lowest BCUT2D eigenvalue weighted by Gasteiger charge is -2.36. The van der Waals surface area contributed by atoms with Gasteiger partial charge in [0, 0.05) is 0 Å². The van der Waals surface area contributed by atoms with Crippen LogP contribution in [0.1, 0.15) is 387 Å². The second-order valence-corrected chi connectivity index (χ2v) is 33.0. The van der Waals surface area contributed by atoms with E-state index in [9.17, 15) is 39.6 Å². The van der Waals surface area contributed by atoms with Crippen LogP contribution in [0.15, 0.2) is 0 Å². The van der Waals surface area contributed by atoms with Crippen molar-refractivity contribution in [3.63, 3.8) is 0 Å². The zero-order chi connectivity index (χ0) is 75.9. The fraction of sp³-hybridized carbons (Fsp3) is 0.952. The van der Waals surface area contributed by atoms with E-state index in [1.165, 1.54) is 430 Å². The maximum Gasteiger partial charge on any atom is 0.128 e. The number of likely N-dealkylation sites (N-methyl/N-ethyl adjacent to an activating group) is 4. The Bertz CT molecular complexity index is 1520. The van der Waals surface area contributed by atoms with Gasteiger partial charge in [-0.05, 0) is 51.4 Å². The van der Waals surface area contributed by atoms with Crippen LogP contribution in [0, 0.1) is 0 Å². The van der Waals surface area contributed by atoms with Gasteiger partial charge in [0.1, 0.15) is 50.6 Å². The first-order valence-corrected chi connectivity index (χ1v) is 42.4. The molecule has 0 saturated carbocycles. The van der Waals surface area contributed by atoms with E-state index < -0.39 is 48.3 Å². The molecule has 0 amide bonds. The predicted molar refractivity (Wildman–Crippen MR) is 413 cm³/mol. The number of carboxylic acids is 4. The Kier molecular flexibility index (Phi) is 76.3. The first-order valence-electron chi connectivity index (χ1n) is 42.4. The normalized spacial score (nSPS) is 13.1. The maximum absolute atomic E-state index is 9.63. The number of aliphatic carboxylic acids is 4. The molecule has 0 aromatic heterocycles. The predicted octanol–water partition coefficient (Wildman–Crippen LogP) is 14.6. The summed E-state index contributed by atoms with van der Waals surface area (Å²) in [6.07, 6.45) is 71.7. The first kappa shape index (κ1) is 104. The second kappa shape index (κ2) is 73.5. The van der Waals surface area contributed by atoms with Crippen molar-refractivity contribution in [1.82, 2.24) is 0 Å². The van der Waals surface area contributed by atoms with Crippen LogP contribution >= 0.6 is 0 Å². The molecule has 16 heteroatoms. The van der Waals surface area contributed by atoms with Crippen LogP contribution in [0.25, 0.3) is 0 Å². The SMILES string of the molecule is CCCCCCCCCCCCCCCC[N+](C)(C)CC[N+](C)(C)CCCCCCCCCCCCCCCC.CCCCCCCCCCCCCCCC[N+](C)(C)CC[N+](C)(C)CCCCCCCCCCCCCCCC.O=C([O-])[C@@H](O)[C@H](O)C(=O)[O-].O=C([O-])[C@H](O)[C@@H](O)C(=O)[O-]. The van der Waals surface area contributed by atoms with Gasteiger partial charge in [-0.2, -0.15) is 0 Å². The largest absolute Gasteiger partial charge is 0.547 e. The van der Waals surface area contributed by atoms with Gasteiger partial charge in [-0.15, -0.1) is 0 Å². The van der Waals surface area contributed by atoms with Crippen molar-refractivity contribution in [3.05, 3.63) is 0 Å². The van der Waals surface area contributed by atoms with E-state index in [-0.39, 0.29) is 0 Å². The third kappa shape index (κ3) is 79.7. The first-order chi connectivity index (χ1) is 47.6. The molecule has 0 saturated heterocycles. The highest BCUT2D eigenvalue weighted by atomic mass is 16.4. The summed E-state index contributed by atoms with van der Waals surface area (Å²) in [6, 6.07) is 0. The minimum absolute atomic E-state index is 1.21. The smallest absolute Gasteiger partial charge is 0.128 e. The van der Waals surface area contributed by atoms with Crippen molar-refractivity contribution in [1.29, 1.82) is 0 Å². The molecule has 0 aliphatic heterocycles. The number of rotatable bonds is 72. The Morgan fingerprint density at radius 1 is 0.190 bits per heavy atom. The molecule has 0 aromatic carbocycles. The van der Waals surface area contributed by atoms with Crippen LogP contribution in [0.4, 0.5) is 0 Å². The lowest BCUT2D eigenvalue weighted by Crippen LogP contribution is -2.51. The van der Waals surface area contributed by atoms with Crippen LogP contribution < -0.4 is 20.4 Å². The number of carbonyl (C=O) groups excluding carboxylic acids is 4. The minimum atomic E-state index is -2.44. The lowest BCUT2D eigenvalue weighted by molar-refractivity contribution is -0.946. The minimum Gasteiger partial charge on any atom is -0.547 e. The number of unbranched alkanes of at least 4 members (excludes halogenated alkanes) is 52. The summed E-state index contributed by atoms with van der Waals surface area (Å²) in [6.45, 7) is 20.0. The summed E-state index contributed by atoms with van der Waals surface area (Å²) < 4.78 is 4.83. The molecule has 0 aliphatic carbocycles. The average molecular weight is 1430 g/mol. The molecular formula is C84H172N4O12.